The van der Waals surface area contributed by atoms with Crippen LogP contribution in [0.15, 0.2) is 0 Å². The number of rotatable bonds is 7. The van der Waals surface area contributed by atoms with Crippen LogP contribution in [0.25, 0.3) is 0 Å². The third-order valence-corrected chi connectivity index (χ3v) is 6.62. The van der Waals surface area contributed by atoms with Crippen molar-refractivity contribution in [2.45, 2.75) is 98.7 Å². The molecule has 3 heterocycles. The molecule has 3 fully saturated rings. The lowest BCUT2D eigenvalue weighted by Gasteiger charge is -2.48. The summed E-state index contributed by atoms with van der Waals surface area (Å²) in [7, 11) is 0. The van der Waals surface area contributed by atoms with E-state index in [1.54, 1.807) is 6.92 Å². The van der Waals surface area contributed by atoms with Crippen molar-refractivity contribution in [2.24, 2.45) is 17.2 Å². The van der Waals surface area contributed by atoms with E-state index in [1.807, 2.05) is 0 Å². The van der Waals surface area contributed by atoms with Crippen molar-refractivity contribution < 1.29 is 59.4 Å². The van der Waals surface area contributed by atoms with Crippen LogP contribution in [0.4, 0.5) is 0 Å². The van der Waals surface area contributed by atoms with Crippen LogP contribution in [0.1, 0.15) is 6.92 Å². The van der Waals surface area contributed by atoms with Gasteiger partial charge in [-0.05, 0) is 6.92 Å². The topological polar surface area (TPSA) is 266 Å². The van der Waals surface area contributed by atoms with Gasteiger partial charge < -0.3 is 76.6 Å². The standard InChI is InChI=1S/C19H37N3O12/c1-5-9(20)14(28)16(7(3-24)30-5)33-19-11(22)15(29)17(8(4-25)32-19)34-18-10(21)13(27)12(26)6(2-23)31-18/h5-19,23-29H,2-4,20-22H2,1H3. The molecule has 200 valence electrons. The average Bonchev–Trinajstić information content (AvgIpc) is 2.83. The van der Waals surface area contributed by atoms with Crippen LogP contribution >= 0.6 is 0 Å². The summed E-state index contributed by atoms with van der Waals surface area (Å²) in [5.74, 6) is 0. The molecule has 34 heavy (non-hydrogen) atoms. The molecule has 15 heteroatoms. The second-order valence-electron chi connectivity index (χ2n) is 8.91. The van der Waals surface area contributed by atoms with Crippen molar-refractivity contribution in [3.63, 3.8) is 0 Å². The number of aliphatic hydroxyl groups excluding tert-OH is 7. The Labute approximate surface area is 195 Å². The summed E-state index contributed by atoms with van der Waals surface area (Å²) in [6.07, 6.45) is -14.8. The highest BCUT2D eigenvalue weighted by molar-refractivity contribution is 4.99. The molecular weight excluding hydrogens is 462 g/mol. The average molecular weight is 500 g/mol. The van der Waals surface area contributed by atoms with Crippen molar-refractivity contribution in [2.75, 3.05) is 19.8 Å². The van der Waals surface area contributed by atoms with E-state index in [0.29, 0.717) is 0 Å². The Morgan fingerprint density at radius 1 is 0.588 bits per heavy atom. The second kappa shape index (κ2) is 11.6. The van der Waals surface area contributed by atoms with E-state index in [9.17, 15) is 35.7 Å². The second-order valence-corrected chi connectivity index (χ2v) is 8.91. The predicted molar refractivity (Wildman–Crippen MR) is 111 cm³/mol. The van der Waals surface area contributed by atoms with Gasteiger partial charge in [-0.3, -0.25) is 0 Å². The minimum absolute atomic E-state index is 0.491. The maximum absolute atomic E-state index is 10.8. The van der Waals surface area contributed by atoms with Crippen molar-refractivity contribution >= 4 is 0 Å². The Morgan fingerprint density at radius 2 is 1.00 bits per heavy atom. The molecule has 0 bridgehead atoms. The number of hydrogen-bond donors (Lipinski definition) is 10. The first-order valence-electron chi connectivity index (χ1n) is 11.1. The highest BCUT2D eigenvalue weighted by Gasteiger charge is 2.52. The molecule has 15 atom stereocenters. The fourth-order valence-electron chi connectivity index (χ4n) is 4.39. The van der Waals surface area contributed by atoms with Crippen LogP contribution in [0.2, 0.25) is 0 Å². The molecule has 0 aromatic carbocycles. The predicted octanol–water partition coefficient (Wildman–Crippen LogP) is -6.60. The summed E-state index contributed by atoms with van der Waals surface area (Å²) in [5, 5.41) is 70.3. The van der Waals surface area contributed by atoms with Crippen LogP contribution in [-0.4, -0.2) is 147 Å². The third-order valence-electron chi connectivity index (χ3n) is 6.62. The molecule has 0 saturated carbocycles. The summed E-state index contributed by atoms with van der Waals surface area (Å²) in [5.41, 5.74) is 17.9. The van der Waals surface area contributed by atoms with E-state index in [1.165, 1.54) is 0 Å². The molecule has 3 aliphatic rings. The Hall–Kier alpha value is -0.600. The van der Waals surface area contributed by atoms with Crippen LogP contribution < -0.4 is 17.2 Å². The van der Waals surface area contributed by atoms with Crippen molar-refractivity contribution in [3.8, 4) is 0 Å². The summed E-state index contributed by atoms with van der Waals surface area (Å²) in [4.78, 5) is 0. The molecule has 0 aromatic rings. The lowest BCUT2D eigenvalue weighted by atomic mass is 9.93. The molecule has 0 aliphatic carbocycles. The minimum atomic E-state index is -1.51. The van der Waals surface area contributed by atoms with Gasteiger partial charge in [-0.25, -0.2) is 0 Å². The summed E-state index contributed by atoms with van der Waals surface area (Å²) in [6.45, 7) is -0.144. The van der Waals surface area contributed by atoms with Gasteiger partial charge in [0.15, 0.2) is 12.6 Å². The fourth-order valence-corrected chi connectivity index (χ4v) is 4.39. The van der Waals surface area contributed by atoms with E-state index < -0.39 is 112 Å². The normalized spacial score (nSPS) is 52.5. The molecule has 0 amide bonds. The Bertz CT molecular complexity index is 646. The van der Waals surface area contributed by atoms with Crippen molar-refractivity contribution in [3.05, 3.63) is 0 Å². The smallest absolute Gasteiger partial charge is 0.176 e. The van der Waals surface area contributed by atoms with Gasteiger partial charge >= 0.3 is 0 Å². The van der Waals surface area contributed by atoms with Gasteiger partial charge in [0.2, 0.25) is 0 Å². The van der Waals surface area contributed by atoms with Gasteiger partial charge in [0, 0.05) is 0 Å². The first kappa shape index (κ1) is 28.0. The summed E-state index contributed by atoms with van der Waals surface area (Å²) >= 11 is 0. The number of nitrogens with two attached hydrogens (primary N) is 3. The van der Waals surface area contributed by atoms with Gasteiger partial charge in [-0.15, -0.1) is 0 Å². The maximum Gasteiger partial charge on any atom is 0.176 e. The van der Waals surface area contributed by atoms with E-state index in [0.717, 1.165) is 0 Å². The minimum Gasteiger partial charge on any atom is -0.394 e. The number of aliphatic hydroxyl groups is 7. The highest BCUT2D eigenvalue weighted by atomic mass is 16.7. The lowest BCUT2D eigenvalue weighted by Crippen LogP contribution is -2.69. The summed E-state index contributed by atoms with van der Waals surface area (Å²) < 4.78 is 28.1. The van der Waals surface area contributed by atoms with Gasteiger partial charge in [-0.2, -0.15) is 0 Å². The zero-order valence-corrected chi connectivity index (χ0v) is 18.7. The van der Waals surface area contributed by atoms with Crippen LogP contribution in [0.3, 0.4) is 0 Å². The van der Waals surface area contributed by atoms with Crippen LogP contribution in [0, 0.1) is 0 Å². The van der Waals surface area contributed by atoms with E-state index in [4.69, 9.17) is 40.9 Å². The van der Waals surface area contributed by atoms with Crippen molar-refractivity contribution in [1.29, 1.82) is 0 Å². The number of ether oxygens (including phenoxy) is 5. The van der Waals surface area contributed by atoms with E-state index >= 15 is 0 Å². The van der Waals surface area contributed by atoms with E-state index in [2.05, 4.69) is 0 Å². The molecule has 13 N–H and O–H groups in total. The summed E-state index contributed by atoms with van der Waals surface area (Å²) in [6, 6.07) is -3.34. The van der Waals surface area contributed by atoms with Gasteiger partial charge in [0.1, 0.15) is 54.9 Å². The molecule has 15 unspecified atom stereocenters. The SMILES string of the molecule is CC1OC(CO)C(OC2OC(CO)C(OC3OC(CO)C(O)C(O)C3N)C(O)C2N)C(O)C1N. The molecule has 0 aromatic heterocycles. The molecular formula is C19H37N3O12. The monoisotopic (exact) mass is 499 g/mol. The first-order chi connectivity index (χ1) is 16.0. The quantitative estimate of drug-likeness (QED) is 0.156. The third kappa shape index (κ3) is 5.39. The molecule has 0 radical (unpaired) electrons. The first-order valence-corrected chi connectivity index (χ1v) is 11.1. The Kier molecular flexibility index (Phi) is 9.57. The number of hydrogen-bond acceptors (Lipinski definition) is 15. The zero-order chi connectivity index (χ0) is 25.3. The van der Waals surface area contributed by atoms with Crippen LogP contribution in [0.5, 0.6) is 0 Å². The maximum atomic E-state index is 10.8. The largest absolute Gasteiger partial charge is 0.394 e. The van der Waals surface area contributed by atoms with Gasteiger partial charge in [0.05, 0.1) is 44.1 Å². The van der Waals surface area contributed by atoms with Gasteiger partial charge in [-0.1, -0.05) is 0 Å². The fraction of sp³-hybridized carbons (Fsp3) is 1.00. The molecule has 15 nitrogen and oxygen atoms in total. The van der Waals surface area contributed by atoms with Crippen molar-refractivity contribution in [1.82, 2.24) is 0 Å². The molecule has 0 spiro atoms. The molecule has 3 aliphatic heterocycles. The highest BCUT2D eigenvalue weighted by Crippen LogP contribution is 2.31. The van der Waals surface area contributed by atoms with Gasteiger partial charge in [0.25, 0.3) is 0 Å². The zero-order valence-electron chi connectivity index (χ0n) is 18.7. The van der Waals surface area contributed by atoms with E-state index in [-0.39, 0.29) is 0 Å². The molecule has 3 saturated heterocycles. The molecule has 3 rings (SSSR count). The lowest BCUT2D eigenvalue weighted by molar-refractivity contribution is -0.342. The van der Waals surface area contributed by atoms with Crippen LogP contribution in [-0.2, 0) is 23.7 Å². The Balaban J connectivity index is 1.72. The Morgan fingerprint density at radius 3 is 1.50 bits per heavy atom.